The molecule has 2 heteroatoms. The van der Waals surface area contributed by atoms with Gasteiger partial charge in [0.1, 0.15) is 0 Å². The van der Waals surface area contributed by atoms with Gasteiger partial charge >= 0.3 is 0 Å². The topological polar surface area (TPSA) is 38.0 Å². The zero-order valence-electron chi connectivity index (χ0n) is 9.52. The zero-order chi connectivity index (χ0) is 10.8. The summed E-state index contributed by atoms with van der Waals surface area (Å²) in [5.41, 5.74) is 9.17. The third-order valence-electron chi connectivity index (χ3n) is 1.92. The molecule has 3 N–H and O–H groups in total. The second-order valence-electron chi connectivity index (χ2n) is 5.05. The first-order valence-corrected chi connectivity index (χ1v) is 4.98. The van der Waals surface area contributed by atoms with Crippen molar-refractivity contribution < 1.29 is 0 Å². The molecule has 0 aliphatic rings. The monoisotopic (exact) mass is 192 g/mol. The summed E-state index contributed by atoms with van der Waals surface area (Å²) in [6.45, 7) is 9.63. The highest BCUT2D eigenvalue weighted by atomic mass is 14.9. The van der Waals surface area contributed by atoms with Crippen molar-refractivity contribution >= 4 is 11.4 Å². The summed E-state index contributed by atoms with van der Waals surface area (Å²) < 4.78 is 0. The molecule has 2 nitrogen and oxygen atoms in total. The molecule has 1 rings (SSSR count). The van der Waals surface area contributed by atoms with Crippen LogP contribution in [-0.2, 0) is 0 Å². The lowest BCUT2D eigenvalue weighted by Gasteiger charge is -2.20. The number of benzene rings is 1. The van der Waals surface area contributed by atoms with Crippen molar-refractivity contribution in [3.8, 4) is 0 Å². The molecule has 0 amide bonds. The number of nitrogens with two attached hydrogens (primary N) is 1. The van der Waals surface area contributed by atoms with Crippen LogP contribution in [0.15, 0.2) is 18.2 Å². The lowest BCUT2D eigenvalue weighted by atomic mass is 9.97. The van der Waals surface area contributed by atoms with Gasteiger partial charge in [-0.15, -0.1) is 0 Å². The maximum absolute atomic E-state index is 5.76. The largest absolute Gasteiger partial charge is 0.399 e. The fourth-order valence-corrected chi connectivity index (χ4v) is 1.28. The number of nitrogens with one attached hydrogen (secondary N) is 1. The lowest BCUT2D eigenvalue weighted by Crippen LogP contribution is -2.19. The molecule has 0 unspecified atom stereocenters. The molecule has 0 saturated carbocycles. The van der Waals surface area contributed by atoms with Gasteiger partial charge in [0.15, 0.2) is 0 Å². The van der Waals surface area contributed by atoms with Gasteiger partial charge in [-0.2, -0.15) is 0 Å². The normalized spacial score (nSPS) is 11.4. The SMILES string of the molecule is Cc1cc(N)cc(NCC(C)(C)C)c1. The van der Waals surface area contributed by atoms with E-state index in [-0.39, 0.29) is 0 Å². The molecule has 0 saturated heterocycles. The molecule has 1 aromatic carbocycles. The maximum atomic E-state index is 5.76. The fraction of sp³-hybridized carbons (Fsp3) is 0.500. The highest BCUT2D eigenvalue weighted by Crippen LogP contribution is 2.19. The molecular weight excluding hydrogens is 172 g/mol. The van der Waals surface area contributed by atoms with E-state index in [0.29, 0.717) is 5.41 Å². The van der Waals surface area contributed by atoms with Crippen molar-refractivity contribution in [3.05, 3.63) is 23.8 Å². The van der Waals surface area contributed by atoms with E-state index in [1.165, 1.54) is 5.56 Å². The number of aryl methyl sites for hydroxylation is 1. The van der Waals surface area contributed by atoms with Crippen LogP contribution in [0.5, 0.6) is 0 Å². The minimum absolute atomic E-state index is 0.290. The summed E-state index contributed by atoms with van der Waals surface area (Å²) in [6, 6.07) is 6.06. The van der Waals surface area contributed by atoms with Gasteiger partial charge in [0.2, 0.25) is 0 Å². The van der Waals surface area contributed by atoms with E-state index in [0.717, 1.165) is 17.9 Å². The lowest BCUT2D eigenvalue weighted by molar-refractivity contribution is 0.443. The number of nitrogen functional groups attached to an aromatic ring is 1. The standard InChI is InChI=1S/C12H20N2/c1-9-5-10(13)7-11(6-9)14-8-12(2,3)4/h5-7,14H,8,13H2,1-4H3. The minimum Gasteiger partial charge on any atom is -0.399 e. The minimum atomic E-state index is 0.290. The van der Waals surface area contributed by atoms with Crippen LogP contribution in [0.2, 0.25) is 0 Å². The quantitative estimate of drug-likeness (QED) is 0.707. The van der Waals surface area contributed by atoms with E-state index in [1.807, 2.05) is 12.1 Å². The van der Waals surface area contributed by atoms with E-state index < -0.39 is 0 Å². The number of hydrogen-bond acceptors (Lipinski definition) is 2. The first-order valence-electron chi connectivity index (χ1n) is 4.98. The molecule has 14 heavy (non-hydrogen) atoms. The predicted molar refractivity (Wildman–Crippen MR) is 63.5 cm³/mol. The first-order chi connectivity index (χ1) is 6.37. The average molecular weight is 192 g/mol. The van der Waals surface area contributed by atoms with E-state index in [2.05, 4.69) is 39.1 Å². The van der Waals surface area contributed by atoms with Crippen molar-refractivity contribution in [1.29, 1.82) is 0 Å². The average Bonchev–Trinajstić information content (AvgIpc) is 1.97. The van der Waals surface area contributed by atoms with Gasteiger partial charge in [0.25, 0.3) is 0 Å². The van der Waals surface area contributed by atoms with Crippen LogP contribution < -0.4 is 11.1 Å². The highest BCUT2D eigenvalue weighted by Gasteiger charge is 2.09. The Morgan fingerprint density at radius 2 is 1.86 bits per heavy atom. The van der Waals surface area contributed by atoms with Crippen molar-refractivity contribution in [2.45, 2.75) is 27.7 Å². The van der Waals surface area contributed by atoms with Gasteiger partial charge in [0, 0.05) is 17.9 Å². The molecule has 1 aromatic rings. The third-order valence-corrected chi connectivity index (χ3v) is 1.92. The second kappa shape index (κ2) is 3.91. The van der Waals surface area contributed by atoms with Crippen molar-refractivity contribution in [1.82, 2.24) is 0 Å². The summed E-state index contributed by atoms with van der Waals surface area (Å²) in [6.07, 6.45) is 0. The molecule has 0 aromatic heterocycles. The Kier molecular flexibility index (Phi) is 3.04. The van der Waals surface area contributed by atoms with Crippen LogP contribution in [-0.4, -0.2) is 6.54 Å². The second-order valence-corrected chi connectivity index (χ2v) is 5.05. The summed E-state index contributed by atoms with van der Waals surface area (Å²) in [5.74, 6) is 0. The molecular formula is C12H20N2. The Morgan fingerprint density at radius 1 is 1.21 bits per heavy atom. The van der Waals surface area contributed by atoms with Gasteiger partial charge < -0.3 is 11.1 Å². The van der Waals surface area contributed by atoms with Crippen molar-refractivity contribution in [2.24, 2.45) is 5.41 Å². The molecule has 0 spiro atoms. The first kappa shape index (κ1) is 10.9. The van der Waals surface area contributed by atoms with Crippen LogP contribution in [0, 0.1) is 12.3 Å². The fourth-order valence-electron chi connectivity index (χ4n) is 1.28. The van der Waals surface area contributed by atoms with Crippen molar-refractivity contribution in [2.75, 3.05) is 17.6 Å². The van der Waals surface area contributed by atoms with Crippen LogP contribution in [0.25, 0.3) is 0 Å². The molecule has 0 heterocycles. The van der Waals surface area contributed by atoms with Crippen molar-refractivity contribution in [3.63, 3.8) is 0 Å². The predicted octanol–water partition coefficient (Wildman–Crippen LogP) is 3.04. The molecule has 0 aliphatic carbocycles. The Hall–Kier alpha value is -1.18. The summed E-state index contributed by atoms with van der Waals surface area (Å²) >= 11 is 0. The van der Waals surface area contributed by atoms with Crippen LogP contribution in [0.4, 0.5) is 11.4 Å². The Bertz CT molecular complexity index is 290. The van der Waals surface area contributed by atoms with E-state index in [9.17, 15) is 0 Å². The molecule has 0 radical (unpaired) electrons. The molecule has 0 atom stereocenters. The van der Waals surface area contributed by atoms with E-state index >= 15 is 0 Å². The van der Waals surface area contributed by atoms with Crippen LogP contribution in [0.1, 0.15) is 26.3 Å². The summed E-state index contributed by atoms with van der Waals surface area (Å²) in [5, 5.41) is 3.39. The Balaban J connectivity index is 2.68. The maximum Gasteiger partial charge on any atom is 0.0363 e. The number of rotatable bonds is 2. The zero-order valence-corrected chi connectivity index (χ0v) is 9.52. The third kappa shape index (κ3) is 3.69. The molecule has 0 bridgehead atoms. The summed E-state index contributed by atoms with van der Waals surface area (Å²) in [7, 11) is 0. The van der Waals surface area contributed by atoms with Crippen LogP contribution in [0.3, 0.4) is 0 Å². The Morgan fingerprint density at radius 3 is 2.36 bits per heavy atom. The van der Waals surface area contributed by atoms with Gasteiger partial charge in [0.05, 0.1) is 0 Å². The highest BCUT2D eigenvalue weighted by molar-refractivity contribution is 5.56. The van der Waals surface area contributed by atoms with Gasteiger partial charge in [-0.25, -0.2) is 0 Å². The van der Waals surface area contributed by atoms with Gasteiger partial charge in [-0.3, -0.25) is 0 Å². The van der Waals surface area contributed by atoms with E-state index in [1.54, 1.807) is 0 Å². The molecule has 78 valence electrons. The number of hydrogen-bond donors (Lipinski definition) is 2. The smallest absolute Gasteiger partial charge is 0.0363 e. The molecule has 0 aliphatic heterocycles. The number of anilines is 2. The molecule has 0 fully saturated rings. The Labute approximate surface area is 86.5 Å². The van der Waals surface area contributed by atoms with E-state index in [4.69, 9.17) is 5.73 Å². The van der Waals surface area contributed by atoms with Crippen LogP contribution >= 0.6 is 0 Å². The van der Waals surface area contributed by atoms with Gasteiger partial charge in [-0.05, 0) is 36.1 Å². The van der Waals surface area contributed by atoms with Gasteiger partial charge in [-0.1, -0.05) is 20.8 Å². The summed E-state index contributed by atoms with van der Waals surface area (Å²) in [4.78, 5) is 0.